The molecule has 0 bridgehead atoms. The van der Waals surface area contributed by atoms with E-state index in [4.69, 9.17) is 11.6 Å². The number of H-pyrrole nitrogens is 1. The van der Waals surface area contributed by atoms with Crippen molar-refractivity contribution in [2.45, 2.75) is 39.2 Å². The average molecular weight is 549 g/mol. The van der Waals surface area contributed by atoms with Crippen molar-refractivity contribution in [3.05, 3.63) is 45.8 Å². The molecule has 4 rings (SSSR count). The Balaban J connectivity index is 1.47. The lowest BCUT2D eigenvalue weighted by Gasteiger charge is -2.37. The first-order chi connectivity index (χ1) is 16.5. The number of anilines is 1. The number of aromatic nitrogens is 4. The summed E-state index contributed by atoms with van der Waals surface area (Å²) in [7, 11) is 0. The van der Waals surface area contributed by atoms with Gasteiger partial charge in [-0.2, -0.15) is 5.10 Å². The smallest absolute Gasteiger partial charge is 0.221 e. The Kier molecular flexibility index (Phi) is 8.39. The van der Waals surface area contributed by atoms with Gasteiger partial charge in [-0.15, -0.1) is 0 Å². The zero-order valence-electron chi connectivity index (χ0n) is 19.6. The van der Waals surface area contributed by atoms with Crippen LogP contribution in [-0.4, -0.2) is 63.7 Å². The zero-order chi connectivity index (χ0) is 24.1. The van der Waals surface area contributed by atoms with Crippen LogP contribution >= 0.6 is 27.5 Å². The first-order valence-electron chi connectivity index (χ1n) is 11.9. The average Bonchev–Trinajstić information content (AvgIpc) is 3.25. The monoisotopic (exact) mass is 547 g/mol. The fourth-order valence-corrected chi connectivity index (χ4v) is 5.26. The predicted molar refractivity (Wildman–Crippen MR) is 139 cm³/mol. The van der Waals surface area contributed by atoms with E-state index in [0.717, 1.165) is 72.6 Å². The molecule has 34 heavy (non-hydrogen) atoms. The van der Waals surface area contributed by atoms with Crippen molar-refractivity contribution < 1.29 is 4.79 Å². The number of aromatic amines is 1. The van der Waals surface area contributed by atoms with Gasteiger partial charge in [0.2, 0.25) is 5.91 Å². The van der Waals surface area contributed by atoms with Gasteiger partial charge in [0.25, 0.3) is 0 Å². The molecule has 0 radical (unpaired) electrons. The zero-order valence-corrected chi connectivity index (χ0v) is 21.9. The number of hydrogen-bond donors (Lipinski definition) is 2. The molecule has 0 spiro atoms. The van der Waals surface area contributed by atoms with Crippen molar-refractivity contribution in [1.29, 1.82) is 0 Å². The standard InChI is InChI=1S/C24H31BrClN7O/c1-3-32(4-2)12-11-19(34)29-21(16-5-7-18(26)8-6-16)17-9-13-33(14-10-17)24-20-22(25)30-31-23(20)27-15-28-24/h5-8,15,17,21H,3-4,9-14H2,1-2H3,(H,29,34)(H,27,28,30,31). The van der Waals surface area contributed by atoms with Gasteiger partial charge in [-0.05, 0) is 65.5 Å². The van der Waals surface area contributed by atoms with Gasteiger partial charge in [-0.3, -0.25) is 9.89 Å². The largest absolute Gasteiger partial charge is 0.356 e. The van der Waals surface area contributed by atoms with Crippen molar-refractivity contribution in [1.82, 2.24) is 30.4 Å². The molecular formula is C24H31BrClN7O. The molecule has 2 aromatic heterocycles. The summed E-state index contributed by atoms with van der Waals surface area (Å²) in [4.78, 5) is 26.3. The maximum Gasteiger partial charge on any atom is 0.221 e. The molecular weight excluding hydrogens is 518 g/mol. The molecule has 1 aliphatic rings. The third-order valence-electron chi connectivity index (χ3n) is 6.70. The van der Waals surface area contributed by atoms with E-state index in [1.165, 1.54) is 0 Å². The van der Waals surface area contributed by atoms with Crippen molar-refractivity contribution in [2.75, 3.05) is 37.6 Å². The van der Waals surface area contributed by atoms with E-state index in [0.29, 0.717) is 17.4 Å². The number of carbonyl (C=O) groups is 1. The molecule has 1 fully saturated rings. The van der Waals surface area contributed by atoms with Gasteiger partial charge in [0, 0.05) is 31.1 Å². The van der Waals surface area contributed by atoms with E-state index >= 15 is 0 Å². The highest BCUT2D eigenvalue weighted by molar-refractivity contribution is 9.10. The SMILES string of the molecule is CCN(CC)CCC(=O)NC(c1ccc(Cl)cc1)C1CCN(c2ncnc3[nH]nc(Br)c23)CC1. The summed E-state index contributed by atoms with van der Waals surface area (Å²) in [6, 6.07) is 7.81. The molecule has 0 aliphatic carbocycles. The van der Waals surface area contributed by atoms with Crippen molar-refractivity contribution in [3.8, 4) is 0 Å². The third-order valence-corrected chi connectivity index (χ3v) is 7.53. The number of piperidine rings is 1. The molecule has 0 saturated carbocycles. The first-order valence-corrected chi connectivity index (χ1v) is 13.0. The Labute approximate surface area is 213 Å². The molecule has 1 aromatic carbocycles. The molecule has 1 atom stereocenters. The molecule has 1 amide bonds. The number of nitrogens with zero attached hydrogens (tertiary/aromatic N) is 5. The van der Waals surface area contributed by atoms with E-state index in [1.54, 1.807) is 6.33 Å². The Bertz CT molecular complexity index is 1090. The lowest BCUT2D eigenvalue weighted by molar-refractivity contribution is -0.122. The van der Waals surface area contributed by atoms with Crippen LogP contribution in [0.3, 0.4) is 0 Å². The predicted octanol–water partition coefficient (Wildman–Crippen LogP) is 4.57. The Hall–Kier alpha value is -2.23. The summed E-state index contributed by atoms with van der Waals surface area (Å²) in [5.41, 5.74) is 1.82. The van der Waals surface area contributed by atoms with Gasteiger partial charge in [0.15, 0.2) is 5.65 Å². The summed E-state index contributed by atoms with van der Waals surface area (Å²) in [5.74, 6) is 1.30. The maximum atomic E-state index is 12.9. The van der Waals surface area contributed by atoms with Gasteiger partial charge >= 0.3 is 0 Å². The number of hydrogen-bond acceptors (Lipinski definition) is 6. The third kappa shape index (κ3) is 5.70. The Morgan fingerprint density at radius 2 is 1.94 bits per heavy atom. The van der Waals surface area contributed by atoms with E-state index < -0.39 is 0 Å². The summed E-state index contributed by atoms with van der Waals surface area (Å²) >= 11 is 9.65. The summed E-state index contributed by atoms with van der Waals surface area (Å²) in [6.07, 6.45) is 3.94. The van der Waals surface area contributed by atoms with Crippen LogP contribution in [0.2, 0.25) is 5.02 Å². The summed E-state index contributed by atoms with van der Waals surface area (Å²) in [5, 5.41) is 12.1. The molecule has 3 heterocycles. The molecule has 182 valence electrons. The van der Waals surface area contributed by atoms with E-state index in [-0.39, 0.29) is 11.9 Å². The highest BCUT2D eigenvalue weighted by Gasteiger charge is 2.30. The number of nitrogens with one attached hydrogen (secondary N) is 2. The highest BCUT2D eigenvalue weighted by atomic mass is 79.9. The number of carbonyl (C=O) groups excluding carboxylic acids is 1. The minimum Gasteiger partial charge on any atom is -0.356 e. The van der Waals surface area contributed by atoms with Crippen LogP contribution in [0.25, 0.3) is 11.0 Å². The van der Waals surface area contributed by atoms with Gasteiger partial charge in [0.05, 0.1) is 11.4 Å². The number of fused-ring (bicyclic) bond motifs is 1. The second-order valence-corrected chi connectivity index (χ2v) is 9.82. The van der Waals surface area contributed by atoms with Crippen LogP contribution in [0.1, 0.15) is 44.7 Å². The molecule has 10 heteroatoms. The first kappa shape index (κ1) is 24.9. The van der Waals surface area contributed by atoms with Crippen LogP contribution in [0, 0.1) is 5.92 Å². The van der Waals surface area contributed by atoms with Crippen molar-refractivity contribution >= 4 is 50.3 Å². The van der Waals surface area contributed by atoms with E-state index in [1.807, 2.05) is 24.3 Å². The Morgan fingerprint density at radius 3 is 2.62 bits per heavy atom. The van der Waals surface area contributed by atoms with Gasteiger partial charge in [-0.25, -0.2) is 9.97 Å². The van der Waals surface area contributed by atoms with Crippen LogP contribution < -0.4 is 10.2 Å². The van der Waals surface area contributed by atoms with E-state index in [9.17, 15) is 4.79 Å². The maximum absolute atomic E-state index is 12.9. The van der Waals surface area contributed by atoms with Gasteiger partial charge < -0.3 is 15.1 Å². The van der Waals surface area contributed by atoms with E-state index in [2.05, 4.69) is 65.1 Å². The fraction of sp³-hybridized carbons (Fsp3) is 0.500. The van der Waals surface area contributed by atoms with Crippen LogP contribution in [0.5, 0.6) is 0 Å². The number of rotatable bonds is 9. The second-order valence-electron chi connectivity index (χ2n) is 8.63. The van der Waals surface area contributed by atoms with Gasteiger partial charge in [-0.1, -0.05) is 37.6 Å². The number of amides is 1. The lowest BCUT2D eigenvalue weighted by Crippen LogP contribution is -2.41. The summed E-state index contributed by atoms with van der Waals surface area (Å²) in [6.45, 7) is 8.60. The minimum absolute atomic E-state index is 0.0466. The quantitative estimate of drug-likeness (QED) is 0.407. The normalized spacial score (nSPS) is 15.7. The molecule has 1 saturated heterocycles. The topological polar surface area (TPSA) is 90.0 Å². The van der Waals surface area contributed by atoms with Crippen molar-refractivity contribution in [3.63, 3.8) is 0 Å². The molecule has 2 N–H and O–H groups in total. The fourth-order valence-electron chi connectivity index (χ4n) is 4.68. The molecule has 3 aromatic rings. The molecule has 1 unspecified atom stereocenters. The minimum atomic E-state index is -0.0466. The van der Waals surface area contributed by atoms with Crippen LogP contribution in [0.4, 0.5) is 5.82 Å². The van der Waals surface area contributed by atoms with Crippen LogP contribution in [0.15, 0.2) is 35.2 Å². The van der Waals surface area contributed by atoms with Gasteiger partial charge in [0.1, 0.15) is 16.7 Å². The van der Waals surface area contributed by atoms with Crippen molar-refractivity contribution in [2.24, 2.45) is 5.92 Å². The summed E-state index contributed by atoms with van der Waals surface area (Å²) < 4.78 is 0.722. The highest BCUT2D eigenvalue weighted by Crippen LogP contribution is 2.35. The number of halogens is 2. The number of benzene rings is 1. The lowest BCUT2D eigenvalue weighted by atomic mass is 9.85. The van der Waals surface area contributed by atoms with Crippen LogP contribution in [-0.2, 0) is 4.79 Å². The Morgan fingerprint density at radius 1 is 1.24 bits per heavy atom. The second kappa shape index (κ2) is 11.5. The molecule has 1 aliphatic heterocycles. The molecule has 8 nitrogen and oxygen atoms in total.